The number of carboxylic acids is 1. The Balaban J connectivity index is 2.28. The minimum Gasteiger partial charge on any atom is -0.493 e. The number of rotatable bonds is 4. The van der Waals surface area contributed by atoms with Crippen LogP contribution in [0.4, 0.5) is 0 Å². The number of fused-ring (bicyclic) bond motifs is 1. The van der Waals surface area contributed by atoms with Crippen molar-refractivity contribution in [2.24, 2.45) is 0 Å². The molecule has 86 valence electrons. The van der Waals surface area contributed by atoms with Gasteiger partial charge in [0.15, 0.2) is 0 Å². The third kappa shape index (κ3) is 2.03. The van der Waals surface area contributed by atoms with Gasteiger partial charge in [-0.1, -0.05) is 25.5 Å². The highest BCUT2D eigenvalue weighted by Crippen LogP contribution is 2.30. The maximum Gasteiger partial charge on any atom is 0.310 e. The molecule has 0 saturated carbocycles. The Kier molecular flexibility index (Phi) is 3.13. The van der Waals surface area contributed by atoms with Crippen molar-refractivity contribution in [2.45, 2.75) is 32.1 Å². The van der Waals surface area contributed by atoms with Gasteiger partial charge in [0, 0.05) is 6.42 Å². The van der Waals surface area contributed by atoms with E-state index in [0.717, 1.165) is 29.7 Å². The standard InChI is InChI=1S/C13H16O3/c1-2-3-11(13(14)15)9-4-5-12-10(8-9)6-7-16-12/h4-5,8,11H,2-3,6-7H2,1H3,(H,14,15). The van der Waals surface area contributed by atoms with Gasteiger partial charge in [0.25, 0.3) is 0 Å². The molecule has 1 aliphatic rings. The zero-order chi connectivity index (χ0) is 11.5. The summed E-state index contributed by atoms with van der Waals surface area (Å²) >= 11 is 0. The molecular weight excluding hydrogens is 204 g/mol. The molecule has 1 unspecified atom stereocenters. The van der Waals surface area contributed by atoms with Crippen LogP contribution in [0.2, 0.25) is 0 Å². The molecule has 1 heterocycles. The molecule has 2 rings (SSSR count). The van der Waals surface area contributed by atoms with Gasteiger partial charge in [-0.05, 0) is 23.6 Å². The molecular formula is C13H16O3. The van der Waals surface area contributed by atoms with E-state index in [4.69, 9.17) is 4.74 Å². The normalized spacial score (nSPS) is 15.3. The zero-order valence-electron chi connectivity index (χ0n) is 9.40. The van der Waals surface area contributed by atoms with Gasteiger partial charge in [0.2, 0.25) is 0 Å². The molecule has 0 fully saturated rings. The molecule has 1 aliphatic heterocycles. The van der Waals surface area contributed by atoms with Gasteiger partial charge in [0.1, 0.15) is 5.75 Å². The van der Waals surface area contributed by atoms with Crippen molar-refractivity contribution in [3.8, 4) is 5.75 Å². The van der Waals surface area contributed by atoms with Crippen LogP contribution in [0.1, 0.15) is 36.8 Å². The van der Waals surface area contributed by atoms with Crippen molar-refractivity contribution in [3.63, 3.8) is 0 Å². The lowest BCUT2D eigenvalue weighted by atomic mass is 9.93. The van der Waals surface area contributed by atoms with Gasteiger partial charge in [-0.3, -0.25) is 4.79 Å². The van der Waals surface area contributed by atoms with Crippen LogP contribution >= 0.6 is 0 Å². The molecule has 16 heavy (non-hydrogen) atoms. The second-order valence-electron chi connectivity index (χ2n) is 4.15. The fourth-order valence-electron chi connectivity index (χ4n) is 2.14. The summed E-state index contributed by atoms with van der Waals surface area (Å²) in [5.74, 6) is -0.207. The first kappa shape index (κ1) is 11.0. The predicted molar refractivity (Wildman–Crippen MR) is 60.9 cm³/mol. The van der Waals surface area contributed by atoms with Crippen molar-refractivity contribution in [2.75, 3.05) is 6.61 Å². The van der Waals surface area contributed by atoms with Gasteiger partial charge in [-0.15, -0.1) is 0 Å². The minimum absolute atomic E-state index is 0.379. The smallest absolute Gasteiger partial charge is 0.310 e. The lowest BCUT2D eigenvalue weighted by Crippen LogP contribution is -2.11. The molecule has 3 nitrogen and oxygen atoms in total. The number of hydrogen-bond acceptors (Lipinski definition) is 2. The molecule has 0 aliphatic carbocycles. The summed E-state index contributed by atoms with van der Waals surface area (Å²) in [6.45, 7) is 2.72. The molecule has 3 heteroatoms. The topological polar surface area (TPSA) is 46.5 Å². The molecule has 0 radical (unpaired) electrons. The van der Waals surface area contributed by atoms with Gasteiger partial charge in [-0.2, -0.15) is 0 Å². The summed E-state index contributed by atoms with van der Waals surface area (Å²) in [7, 11) is 0. The summed E-state index contributed by atoms with van der Waals surface area (Å²) < 4.78 is 5.41. The Morgan fingerprint density at radius 3 is 3.06 bits per heavy atom. The van der Waals surface area contributed by atoms with Crippen LogP contribution in [0.25, 0.3) is 0 Å². The first-order chi connectivity index (χ1) is 7.72. The van der Waals surface area contributed by atoms with Crippen LogP contribution in [-0.2, 0) is 11.2 Å². The molecule has 0 spiro atoms. The summed E-state index contributed by atoms with van der Waals surface area (Å²) in [5, 5.41) is 9.18. The number of carbonyl (C=O) groups is 1. The average molecular weight is 220 g/mol. The van der Waals surface area contributed by atoms with Crippen LogP contribution in [-0.4, -0.2) is 17.7 Å². The van der Waals surface area contributed by atoms with E-state index in [1.54, 1.807) is 0 Å². The molecule has 1 atom stereocenters. The predicted octanol–water partition coefficient (Wildman–Crippen LogP) is 2.59. The lowest BCUT2D eigenvalue weighted by Gasteiger charge is -2.12. The third-order valence-corrected chi connectivity index (χ3v) is 2.99. The molecule has 0 aromatic heterocycles. The van der Waals surface area contributed by atoms with E-state index >= 15 is 0 Å². The quantitative estimate of drug-likeness (QED) is 0.848. The maximum absolute atomic E-state index is 11.2. The van der Waals surface area contributed by atoms with Crippen LogP contribution in [0.5, 0.6) is 5.75 Å². The van der Waals surface area contributed by atoms with Crippen molar-refractivity contribution in [1.82, 2.24) is 0 Å². The Morgan fingerprint density at radius 2 is 2.38 bits per heavy atom. The number of aliphatic carboxylic acids is 1. The van der Waals surface area contributed by atoms with Gasteiger partial charge < -0.3 is 9.84 Å². The monoisotopic (exact) mass is 220 g/mol. The summed E-state index contributed by atoms with van der Waals surface area (Å²) in [6, 6.07) is 5.75. The fourth-order valence-corrected chi connectivity index (χ4v) is 2.14. The second kappa shape index (κ2) is 4.56. The summed E-state index contributed by atoms with van der Waals surface area (Å²) in [6.07, 6.45) is 2.46. The maximum atomic E-state index is 11.2. The highest BCUT2D eigenvalue weighted by atomic mass is 16.5. The van der Waals surface area contributed by atoms with Crippen LogP contribution < -0.4 is 4.74 Å². The average Bonchev–Trinajstić information content (AvgIpc) is 2.72. The van der Waals surface area contributed by atoms with Crippen molar-refractivity contribution >= 4 is 5.97 Å². The van der Waals surface area contributed by atoms with E-state index in [1.807, 2.05) is 25.1 Å². The van der Waals surface area contributed by atoms with E-state index in [-0.39, 0.29) is 5.92 Å². The number of hydrogen-bond donors (Lipinski definition) is 1. The van der Waals surface area contributed by atoms with E-state index in [0.29, 0.717) is 13.0 Å². The number of benzene rings is 1. The second-order valence-corrected chi connectivity index (χ2v) is 4.15. The van der Waals surface area contributed by atoms with E-state index in [2.05, 4.69) is 0 Å². The van der Waals surface area contributed by atoms with Crippen molar-refractivity contribution in [1.29, 1.82) is 0 Å². The summed E-state index contributed by atoms with van der Waals surface area (Å²) in [4.78, 5) is 11.2. The van der Waals surface area contributed by atoms with Crippen LogP contribution in [0.3, 0.4) is 0 Å². The molecule has 1 aromatic rings. The fraction of sp³-hybridized carbons (Fsp3) is 0.462. The van der Waals surface area contributed by atoms with Crippen molar-refractivity contribution < 1.29 is 14.6 Å². The minimum atomic E-state index is -0.735. The first-order valence-corrected chi connectivity index (χ1v) is 5.70. The Hall–Kier alpha value is -1.51. The SMILES string of the molecule is CCCC(C(=O)O)c1ccc2c(c1)CCO2. The Bertz CT molecular complexity index is 398. The Labute approximate surface area is 95.0 Å². The van der Waals surface area contributed by atoms with Crippen LogP contribution in [0.15, 0.2) is 18.2 Å². The van der Waals surface area contributed by atoms with E-state index in [1.165, 1.54) is 0 Å². The largest absolute Gasteiger partial charge is 0.493 e. The van der Waals surface area contributed by atoms with Gasteiger partial charge in [-0.25, -0.2) is 0 Å². The highest BCUT2D eigenvalue weighted by molar-refractivity contribution is 5.76. The molecule has 0 saturated heterocycles. The van der Waals surface area contributed by atoms with Crippen molar-refractivity contribution in [3.05, 3.63) is 29.3 Å². The highest BCUT2D eigenvalue weighted by Gasteiger charge is 2.21. The molecule has 0 bridgehead atoms. The Morgan fingerprint density at radius 1 is 1.56 bits per heavy atom. The van der Waals surface area contributed by atoms with Gasteiger partial charge in [0.05, 0.1) is 12.5 Å². The first-order valence-electron chi connectivity index (χ1n) is 5.70. The van der Waals surface area contributed by atoms with Crippen LogP contribution in [0, 0.1) is 0 Å². The lowest BCUT2D eigenvalue weighted by molar-refractivity contribution is -0.139. The molecule has 0 amide bonds. The third-order valence-electron chi connectivity index (χ3n) is 2.99. The zero-order valence-corrected chi connectivity index (χ0v) is 9.40. The van der Waals surface area contributed by atoms with E-state index in [9.17, 15) is 9.90 Å². The van der Waals surface area contributed by atoms with E-state index < -0.39 is 5.97 Å². The number of ether oxygens (including phenoxy) is 1. The molecule has 1 N–H and O–H groups in total. The summed E-state index contributed by atoms with van der Waals surface area (Å²) in [5.41, 5.74) is 2.04. The van der Waals surface area contributed by atoms with Gasteiger partial charge >= 0.3 is 5.97 Å². The molecule has 1 aromatic carbocycles. The number of carboxylic acid groups (broad SMARTS) is 1.